The largest absolute Gasteiger partial charge is 0.341 e. The van der Waals surface area contributed by atoms with E-state index in [-0.39, 0.29) is 24.1 Å². The second-order valence-corrected chi connectivity index (χ2v) is 7.87. The van der Waals surface area contributed by atoms with Crippen LogP contribution in [-0.4, -0.2) is 41.5 Å². The molecule has 2 saturated heterocycles. The third-order valence-corrected chi connectivity index (χ3v) is 5.70. The smallest absolute Gasteiger partial charge is 0.235 e. The molecule has 1 aromatic rings. The summed E-state index contributed by atoms with van der Waals surface area (Å²) in [4.78, 5) is 37.5. The molecule has 5 nitrogen and oxygen atoms in total. The van der Waals surface area contributed by atoms with Gasteiger partial charge < -0.3 is 4.90 Å². The predicted molar refractivity (Wildman–Crippen MR) is 93.5 cm³/mol. The fourth-order valence-corrected chi connectivity index (χ4v) is 4.47. The van der Waals surface area contributed by atoms with Crippen molar-refractivity contribution in [3.05, 3.63) is 34.9 Å². The number of hydrogen-bond acceptors (Lipinski definition) is 4. The van der Waals surface area contributed by atoms with Crippen LogP contribution in [0.5, 0.6) is 0 Å². The predicted octanol–water partition coefficient (Wildman–Crippen LogP) is 1.80. The fourth-order valence-electron chi connectivity index (χ4n) is 3.61. The molecule has 1 spiro atoms. The Labute approximate surface area is 146 Å². The molecule has 0 saturated carbocycles. The molecule has 0 bridgehead atoms. The molecule has 2 aliphatic rings. The zero-order valence-corrected chi connectivity index (χ0v) is 14.9. The first-order valence-corrected chi connectivity index (χ1v) is 9.30. The van der Waals surface area contributed by atoms with Gasteiger partial charge in [0.15, 0.2) is 0 Å². The van der Waals surface area contributed by atoms with Gasteiger partial charge in [0.05, 0.1) is 11.2 Å². The number of imide groups is 1. The highest BCUT2D eigenvalue weighted by Gasteiger charge is 2.51. The first-order chi connectivity index (χ1) is 11.4. The standard InChI is InChI=1S/C18H22N2O3S/c1-12-5-13(2)7-14(6-12)9-24-10-16(22)20-4-3-18(11-20)8-15(21)19-17(18)23/h5-7H,3-4,8-11H2,1-2H3,(H,19,21,23). The average molecular weight is 346 g/mol. The Balaban J connectivity index is 1.51. The Bertz CT molecular complexity index is 683. The van der Waals surface area contributed by atoms with E-state index >= 15 is 0 Å². The SMILES string of the molecule is Cc1cc(C)cc(CSCC(=O)N2CCC3(CC(=O)NC3=O)C2)c1. The molecule has 1 aromatic carbocycles. The van der Waals surface area contributed by atoms with Gasteiger partial charge >= 0.3 is 0 Å². The molecule has 2 aliphatic heterocycles. The van der Waals surface area contributed by atoms with E-state index in [1.54, 1.807) is 16.7 Å². The van der Waals surface area contributed by atoms with Crippen molar-refractivity contribution in [1.29, 1.82) is 0 Å². The molecule has 3 rings (SSSR count). The van der Waals surface area contributed by atoms with Crippen LogP contribution in [0.3, 0.4) is 0 Å². The first kappa shape index (κ1) is 17.0. The van der Waals surface area contributed by atoms with Gasteiger partial charge in [-0.1, -0.05) is 29.3 Å². The Morgan fingerprint density at radius 1 is 1.25 bits per heavy atom. The minimum absolute atomic E-state index is 0.0494. The third kappa shape index (κ3) is 3.48. The van der Waals surface area contributed by atoms with Crippen molar-refractivity contribution in [3.8, 4) is 0 Å². The molecule has 1 atom stereocenters. The van der Waals surface area contributed by atoms with Gasteiger partial charge in [-0.05, 0) is 25.8 Å². The van der Waals surface area contributed by atoms with Crippen LogP contribution in [0.25, 0.3) is 0 Å². The summed E-state index contributed by atoms with van der Waals surface area (Å²) < 4.78 is 0. The Morgan fingerprint density at radius 2 is 1.96 bits per heavy atom. The molecule has 0 aliphatic carbocycles. The number of thioether (sulfide) groups is 1. The van der Waals surface area contributed by atoms with Gasteiger partial charge in [0, 0.05) is 25.3 Å². The maximum absolute atomic E-state index is 12.4. The van der Waals surface area contributed by atoms with Crippen LogP contribution >= 0.6 is 11.8 Å². The minimum atomic E-state index is -0.676. The molecule has 0 radical (unpaired) electrons. The van der Waals surface area contributed by atoms with E-state index in [0.29, 0.717) is 25.3 Å². The molecule has 2 heterocycles. The highest BCUT2D eigenvalue weighted by Crippen LogP contribution is 2.37. The molecule has 1 unspecified atom stereocenters. The molecule has 2 fully saturated rings. The lowest BCUT2D eigenvalue weighted by molar-refractivity contribution is -0.129. The monoisotopic (exact) mass is 346 g/mol. The zero-order chi connectivity index (χ0) is 17.3. The number of likely N-dealkylation sites (tertiary alicyclic amines) is 1. The van der Waals surface area contributed by atoms with Crippen LogP contribution in [0.4, 0.5) is 0 Å². The van der Waals surface area contributed by atoms with E-state index in [2.05, 4.69) is 37.4 Å². The molecule has 24 heavy (non-hydrogen) atoms. The van der Waals surface area contributed by atoms with E-state index in [0.717, 1.165) is 5.75 Å². The van der Waals surface area contributed by atoms with Crippen LogP contribution in [0.15, 0.2) is 18.2 Å². The summed E-state index contributed by atoms with van der Waals surface area (Å²) in [6, 6.07) is 6.42. The van der Waals surface area contributed by atoms with Crippen molar-refractivity contribution in [1.82, 2.24) is 10.2 Å². The Kier molecular flexibility index (Phi) is 4.67. The summed E-state index contributed by atoms with van der Waals surface area (Å²) in [5.41, 5.74) is 3.01. The number of carbonyl (C=O) groups excluding carboxylic acids is 3. The van der Waals surface area contributed by atoms with Gasteiger partial charge in [0.2, 0.25) is 17.7 Å². The van der Waals surface area contributed by atoms with Crippen molar-refractivity contribution in [2.75, 3.05) is 18.8 Å². The van der Waals surface area contributed by atoms with Crippen molar-refractivity contribution < 1.29 is 14.4 Å². The quantitative estimate of drug-likeness (QED) is 0.845. The van der Waals surface area contributed by atoms with Crippen LogP contribution in [-0.2, 0) is 20.1 Å². The average Bonchev–Trinajstić information content (AvgIpc) is 3.02. The highest BCUT2D eigenvalue weighted by atomic mass is 32.2. The van der Waals surface area contributed by atoms with E-state index < -0.39 is 5.41 Å². The topological polar surface area (TPSA) is 66.5 Å². The molecule has 3 amide bonds. The second-order valence-electron chi connectivity index (χ2n) is 6.89. The third-order valence-electron chi connectivity index (χ3n) is 4.72. The van der Waals surface area contributed by atoms with Gasteiger partial charge in [-0.2, -0.15) is 0 Å². The molecular formula is C18H22N2O3S. The number of aryl methyl sites for hydroxylation is 2. The normalized spacial score (nSPS) is 23.2. The van der Waals surface area contributed by atoms with Crippen molar-refractivity contribution in [2.24, 2.45) is 5.41 Å². The summed E-state index contributed by atoms with van der Waals surface area (Å²) in [6.45, 7) is 5.07. The van der Waals surface area contributed by atoms with Gasteiger partial charge in [-0.3, -0.25) is 19.7 Å². The van der Waals surface area contributed by atoms with Gasteiger partial charge in [0.25, 0.3) is 0 Å². The second kappa shape index (κ2) is 6.59. The first-order valence-electron chi connectivity index (χ1n) is 8.15. The van der Waals surface area contributed by atoms with E-state index in [4.69, 9.17) is 0 Å². The summed E-state index contributed by atoms with van der Waals surface area (Å²) in [7, 11) is 0. The maximum Gasteiger partial charge on any atom is 0.235 e. The van der Waals surface area contributed by atoms with Gasteiger partial charge in [-0.15, -0.1) is 11.8 Å². The maximum atomic E-state index is 12.4. The van der Waals surface area contributed by atoms with Crippen LogP contribution in [0.1, 0.15) is 29.5 Å². The van der Waals surface area contributed by atoms with Crippen LogP contribution in [0.2, 0.25) is 0 Å². The zero-order valence-electron chi connectivity index (χ0n) is 14.1. The number of rotatable bonds is 4. The Hall–Kier alpha value is -1.82. The van der Waals surface area contributed by atoms with Crippen molar-refractivity contribution in [3.63, 3.8) is 0 Å². The molecular weight excluding hydrogens is 324 g/mol. The summed E-state index contributed by atoms with van der Waals surface area (Å²) in [6.07, 6.45) is 0.795. The number of hydrogen-bond donors (Lipinski definition) is 1. The number of amides is 3. The minimum Gasteiger partial charge on any atom is -0.341 e. The van der Waals surface area contributed by atoms with E-state index in [1.807, 2.05) is 0 Å². The summed E-state index contributed by atoms with van der Waals surface area (Å²) in [5, 5.41) is 2.36. The van der Waals surface area contributed by atoms with Gasteiger partial charge in [-0.25, -0.2) is 0 Å². The number of benzene rings is 1. The summed E-state index contributed by atoms with van der Waals surface area (Å²) >= 11 is 1.59. The van der Waals surface area contributed by atoms with Gasteiger partial charge in [0.1, 0.15) is 0 Å². The van der Waals surface area contributed by atoms with E-state index in [1.165, 1.54) is 16.7 Å². The fraction of sp³-hybridized carbons (Fsp3) is 0.500. The lowest BCUT2D eigenvalue weighted by Gasteiger charge is -2.20. The molecule has 1 N–H and O–H groups in total. The van der Waals surface area contributed by atoms with Crippen LogP contribution < -0.4 is 5.32 Å². The van der Waals surface area contributed by atoms with Crippen molar-refractivity contribution in [2.45, 2.75) is 32.4 Å². The van der Waals surface area contributed by atoms with Crippen molar-refractivity contribution >= 4 is 29.5 Å². The lowest BCUT2D eigenvalue weighted by Crippen LogP contribution is -2.37. The van der Waals surface area contributed by atoms with E-state index in [9.17, 15) is 14.4 Å². The Morgan fingerprint density at radius 3 is 2.58 bits per heavy atom. The molecule has 0 aromatic heterocycles. The number of nitrogens with zero attached hydrogens (tertiary/aromatic N) is 1. The highest BCUT2D eigenvalue weighted by molar-refractivity contribution is 7.99. The number of carbonyl (C=O) groups is 3. The number of nitrogens with one attached hydrogen (secondary N) is 1. The van der Waals surface area contributed by atoms with Crippen LogP contribution in [0, 0.1) is 19.3 Å². The molecule has 6 heteroatoms. The lowest BCUT2D eigenvalue weighted by atomic mass is 9.85. The summed E-state index contributed by atoms with van der Waals surface area (Å²) in [5.74, 6) is 0.808. The molecule has 128 valence electrons.